The number of sulfonamides is 1. The number of benzene rings is 2. The lowest BCUT2D eigenvalue weighted by atomic mass is 10.2. The van der Waals surface area contributed by atoms with Crippen LogP contribution in [0.2, 0.25) is 0 Å². The summed E-state index contributed by atoms with van der Waals surface area (Å²) in [6.07, 6.45) is 3.52. The van der Waals surface area contributed by atoms with Gasteiger partial charge >= 0.3 is 0 Å². The monoisotopic (exact) mass is 419 g/mol. The van der Waals surface area contributed by atoms with Crippen LogP contribution in [0.15, 0.2) is 70.3 Å². The Bertz CT molecular complexity index is 985. The van der Waals surface area contributed by atoms with Gasteiger partial charge in [-0.05, 0) is 52.7 Å². The molecule has 0 aliphatic carbocycles. The van der Waals surface area contributed by atoms with Gasteiger partial charge < -0.3 is 0 Å². The second-order valence-corrected chi connectivity index (χ2v) is 8.69. The maximum absolute atomic E-state index is 12.8. The van der Waals surface area contributed by atoms with Gasteiger partial charge in [-0.3, -0.25) is 0 Å². The Balaban J connectivity index is 1.82. The van der Waals surface area contributed by atoms with Gasteiger partial charge in [-0.2, -0.15) is 9.40 Å². The topological polar surface area (TPSA) is 55.2 Å². The molecule has 1 aromatic heterocycles. The maximum atomic E-state index is 12.8. The van der Waals surface area contributed by atoms with Crippen molar-refractivity contribution >= 4 is 26.0 Å². The van der Waals surface area contributed by atoms with Crippen LogP contribution < -0.4 is 0 Å². The number of nitrogens with zero attached hydrogens (tertiary/aromatic N) is 3. The van der Waals surface area contributed by atoms with Crippen molar-refractivity contribution in [1.29, 1.82) is 0 Å². The van der Waals surface area contributed by atoms with E-state index in [1.54, 1.807) is 36.1 Å². The molecule has 1 heterocycles. The molecule has 3 aromatic rings. The fourth-order valence-corrected chi connectivity index (χ4v) is 4.80. The average molecular weight is 420 g/mol. The van der Waals surface area contributed by atoms with Gasteiger partial charge in [-0.25, -0.2) is 13.1 Å². The first-order chi connectivity index (χ1) is 11.9. The highest BCUT2D eigenvalue weighted by Gasteiger charge is 2.23. The lowest BCUT2D eigenvalue weighted by molar-refractivity contribution is 0.466. The quantitative estimate of drug-likeness (QED) is 0.632. The minimum absolute atomic E-state index is 0.246. The van der Waals surface area contributed by atoms with Crippen LogP contribution in [0.1, 0.15) is 11.1 Å². The Morgan fingerprint density at radius 1 is 1.16 bits per heavy atom. The standard InChI is InChI=1S/C18H18BrN3O2S/c1-14-8-9-18(17(19)10-14)25(23,24)21(2)12-15-11-20-22(13-15)16-6-4-3-5-7-16/h3-11,13H,12H2,1-2H3. The fraction of sp³-hybridized carbons (Fsp3) is 0.167. The molecule has 0 amide bonds. The molecule has 0 aliphatic heterocycles. The summed E-state index contributed by atoms with van der Waals surface area (Å²) < 4.78 is 29.3. The van der Waals surface area contributed by atoms with Gasteiger partial charge in [0, 0.05) is 29.8 Å². The first-order valence-electron chi connectivity index (χ1n) is 7.69. The summed E-state index contributed by atoms with van der Waals surface area (Å²) in [6, 6.07) is 14.9. The Hall–Kier alpha value is -1.96. The maximum Gasteiger partial charge on any atom is 0.244 e. The third-order valence-corrected chi connectivity index (χ3v) is 6.62. The largest absolute Gasteiger partial charge is 0.244 e. The van der Waals surface area contributed by atoms with Crippen molar-refractivity contribution in [2.75, 3.05) is 7.05 Å². The van der Waals surface area contributed by atoms with Crippen molar-refractivity contribution in [3.63, 3.8) is 0 Å². The summed E-state index contributed by atoms with van der Waals surface area (Å²) in [5.41, 5.74) is 2.75. The SMILES string of the molecule is Cc1ccc(S(=O)(=O)N(C)Cc2cnn(-c3ccccc3)c2)c(Br)c1. The van der Waals surface area contributed by atoms with E-state index in [1.165, 1.54) is 4.31 Å². The van der Waals surface area contributed by atoms with Crippen LogP contribution in [0.5, 0.6) is 0 Å². The van der Waals surface area contributed by atoms with Gasteiger partial charge in [0.15, 0.2) is 0 Å². The zero-order valence-corrected chi connectivity index (χ0v) is 16.3. The lowest BCUT2D eigenvalue weighted by Crippen LogP contribution is -2.26. The predicted molar refractivity (Wildman–Crippen MR) is 101 cm³/mol. The van der Waals surface area contributed by atoms with Crippen LogP contribution in [-0.2, 0) is 16.6 Å². The van der Waals surface area contributed by atoms with Gasteiger partial charge in [0.05, 0.1) is 16.8 Å². The molecule has 0 saturated carbocycles. The molecule has 0 unspecified atom stereocenters. The number of hydrogen-bond acceptors (Lipinski definition) is 3. The second-order valence-electron chi connectivity index (χ2n) is 5.82. The molecule has 0 aliphatic rings. The Labute approximate surface area is 156 Å². The van der Waals surface area contributed by atoms with Crippen molar-refractivity contribution in [2.24, 2.45) is 0 Å². The molecule has 7 heteroatoms. The minimum atomic E-state index is -3.59. The number of rotatable bonds is 5. The summed E-state index contributed by atoms with van der Waals surface area (Å²) in [7, 11) is -2.02. The van der Waals surface area contributed by atoms with Crippen LogP contribution in [0.4, 0.5) is 0 Å². The van der Waals surface area contributed by atoms with Crippen molar-refractivity contribution in [1.82, 2.24) is 14.1 Å². The van der Waals surface area contributed by atoms with Crippen LogP contribution in [-0.4, -0.2) is 29.6 Å². The normalized spacial score (nSPS) is 11.8. The van der Waals surface area contributed by atoms with E-state index in [9.17, 15) is 8.42 Å². The molecule has 0 fully saturated rings. The van der Waals surface area contributed by atoms with E-state index in [-0.39, 0.29) is 11.4 Å². The van der Waals surface area contributed by atoms with Gasteiger partial charge in [0.25, 0.3) is 0 Å². The number of aryl methyl sites for hydroxylation is 1. The van der Waals surface area contributed by atoms with Gasteiger partial charge in [0.1, 0.15) is 0 Å². The summed E-state index contributed by atoms with van der Waals surface area (Å²) in [5.74, 6) is 0. The highest BCUT2D eigenvalue weighted by Crippen LogP contribution is 2.26. The molecular formula is C18H18BrN3O2S. The van der Waals surface area contributed by atoms with Crippen molar-refractivity contribution in [2.45, 2.75) is 18.4 Å². The molecule has 0 bridgehead atoms. The Kier molecular flexibility index (Phi) is 5.08. The zero-order valence-electron chi connectivity index (χ0n) is 13.9. The van der Waals surface area contributed by atoms with Gasteiger partial charge in [-0.1, -0.05) is 24.3 Å². The molecule has 5 nitrogen and oxygen atoms in total. The summed E-state index contributed by atoms with van der Waals surface area (Å²) >= 11 is 3.35. The van der Waals surface area contributed by atoms with E-state index in [0.717, 1.165) is 16.8 Å². The van der Waals surface area contributed by atoms with Crippen LogP contribution in [0.25, 0.3) is 5.69 Å². The lowest BCUT2D eigenvalue weighted by Gasteiger charge is -2.17. The predicted octanol–water partition coefficient (Wildman–Crippen LogP) is 3.76. The van der Waals surface area contributed by atoms with Crippen LogP contribution >= 0.6 is 15.9 Å². The van der Waals surface area contributed by atoms with E-state index >= 15 is 0 Å². The van der Waals surface area contributed by atoms with Gasteiger partial charge in [-0.15, -0.1) is 0 Å². The third-order valence-electron chi connectivity index (χ3n) is 3.84. The van der Waals surface area contributed by atoms with E-state index in [2.05, 4.69) is 21.0 Å². The average Bonchev–Trinajstić information content (AvgIpc) is 3.04. The highest BCUT2D eigenvalue weighted by atomic mass is 79.9. The number of para-hydroxylation sites is 1. The summed E-state index contributed by atoms with van der Waals surface area (Å²) in [5, 5.41) is 4.31. The first-order valence-corrected chi connectivity index (χ1v) is 9.93. The Morgan fingerprint density at radius 2 is 1.88 bits per heavy atom. The molecule has 130 valence electrons. The smallest absolute Gasteiger partial charge is 0.241 e. The molecule has 2 aromatic carbocycles. The third kappa shape index (κ3) is 3.84. The molecule has 0 N–H and O–H groups in total. The number of hydrogen-bond donors (Lipinski definition) is 0. The molecule has 25 heavy (non-hydrogen) atoms. The van der Waals surface area contributed by atoms with Crippen molar-refractivity contribution in [3.05, 3.63) is 76.5 Å². The summed E-state index contributed by atoms with van der Waals surface area (Å²) in [4.78, 5) is 0.260. The van der Waals surface area contributed by atoms with E-state index in [4.69, 9.17) is 0 Å². The minimum Gasteiger partial charge on any atom is -0.241 e. The van der Waals surface area contributed by atoms with E-state index in [1.807, 2.05) is 43.5 Å². The molecule has 0 atom stereocenters. The highest BCUT2D eigenvalue weighted by molar-refractivity contribution is 9.10. The molecule has 0 radical (unpaired) electrons. The fourth-order valence-electron chi connectivity index (χ4n) is 2.49. The molecule has 3 rings (SSSR count). The molecular weight excluding hydrogens is 402 g/mol. The Morgan fingerprint density at radius 3 is 2.56 bits per heavy atom. The second kappa shape index (κ2) is 7.11. The van der Waals surface area contributed by atoms with Crippen LogP contribution in [0, 0.1) is 6.92 Å². The zero-order chi connectivity index (χ0) is 18.0. The number of halogens is 1. The van der Waals surface area contributed by atoms with Gasteiger partial charge in [0.2, 0.25) is 10.0 Å². The summed E-state index contributed by atoms with van der Waals surface area (Å²) in [6.45, 7) is 2.17. The van der Waals surface area contributed by atoms with Crippen LogP contribution in [0.3, 0.4) is 0 Å². The molecule has 0 saturated heterocycles. The van der Waals surface area contributed by atoms with Crippen molar-refractivity contribution < 1.29 is 8.42 Å². The molecule has 0 spiro atoms. The van der Waals surface area contributed by atoms with Crippen molar-refractivity contribution in [3.8, 4) is 5.69 Å². The van der Waals surface area contributed by atoms with E-state index in [0.29, 0.717) is 4.47 Å². The first kappa shape index (κ1) is 17.8. The van der Waals surface area contributed by atoms with E-state index < -0.39 is 10.0 Å². The number of aromatic nitrogens is 2.